The van der Waals surface area contributed by atoms with Crippen molar-refractivity contribution in [3.05, 3.63) is 0 Å². The van der Waals surface area contributed by atoms with Crippen LogP contribution in [0.2, 0.25) is 0 Å². The van der Waals surface area contributed by atoms with Crippen LogP contribution in [0.15, 0.2) is 0 Å². The zero-order valence-corrected chi connectivity index (χ0v) is 42.9. The number of ether oxygens (including phenoxy) is 2. The SMILES string of the molecule is CCCCCCCCCCCCCCCCCCCCCCCCC(=O)OC(COC(=O)CCCCCCCCCCCCCCCCC)COP(=O)(O)OC1C(O)C(O)C(O)C(O)C1O. The number of esters is 2. The molecule has 13 nitrogen and oxygen atoms in total. The molecule has 0 saturated heterocycles. The summed E-state index contributed by atoms with van der Waals surface area (Å²) in [6.45, 7) is 3.36. The number of phosphoric acid groups is 1. The van der Waals surface area contributed by atoms with Crippen molar-refractivity contribution in [1.29, 1.82) is 0 Å². The van der Waals surface area contributed by atoms with Crippen LogP contribution in [0.3, 0.4) is 0 Å². The van der Waals surface area contributed by atoms with Crippen molar-refractivity contribution in [2.75, 3.05) is 13.2 Å². The highest BCUT2D eigenvalue weighted by molar-refractivity contribution is 7.47. The number of carbonyl (C=O) groups excluding carboxylic acids is 2. The molecule has 392 valence electrons. The van der Waals surface area contributed by atoms with Crippen molar-refractivity contribution in [3.63, 3.8) is 0 Å². The predicted molar refractivity (Wildman–Crippen MR) is 263 cm³/mol. The van der Waals surface area contributed by atoms with Crippen molar-refractivity contribution in [2.24, 2.45) is 0 Å². The average Bonchev–Trinajstić information content (AvgIpc) is 3.30. The van der Waals surface area contributed by atoms with Crippen molar-refractivity contribution >= 4 is 19.8 Å². The van der Waals surface area contributed by atoms with Gasteiger partial charge < -0.3 is 39.9 Å². The number of rotatable bonds is 47. The fourth-order valence-electron chi connectivity index (χ4n) is 8.82. The number of carbonyl (C=O) groups is 2. The zero-order chi connectivity index (χ0) is 48.5. The molecule has 0 radical (unpaired) electrons. The molecular formula is C52H101O13P. The highest BCUT2D eigenvalue weighted by atomic mass is 31.2. The van der Waals surface area contributed by atoms with Gasteiger partial charge in [-0.3, -0.25) is 18.6 Å². The van der Waals surface area contributed by atoms with E-state index in [0.29, 0.717) is 12.8 Å². The Kier molecular flexibility index (Phi) is 40.7. The molecule has 6 atom stereocenters. The van der Waals surface area contributed by atoms with Gasteiger partial charge in [0.2, 0.25) is 0 Å². The number of phosphoric ester groups is 1. The Balaban J connectivity index is 2.33. The fraction of sp³-hybridized carbons (Fsp3) is 0.962. The van der Waals surface area contributed by atoms with Crippen LogP contribution in [0.5, 0.6) is 0 Å². The first kappa shape index (κ1) is 62.9. The van der Waals surface area contributed by atoms with E-state index in [-0.39, 0.29) is 12.8 Å². The Bertz CT molecular complexity index is 1160. The van der Waals surface area contributed by atoms with Gasteiger partial charge in [-0.15, -0.1) is 0 Å². The molecule has 14 heteroatoms. The van der Waals surface area contributed by atoms with E-state index in [9.17, 15) is 44.6 Å². The predicted octanol–water partition coefficient (Wildman–Crippen LogP) is 12.0. The maximum atomic E-state index is 12.9. The summed E-state index contributed by atoms with van der Waals surface area (Å²) in [6, 6.07) is 0. The molecule has 6 N–H and O–H groups in total. The van der Waals surface area contributed by atoms with Crippen molar-refractivity contribution in [3.8, 4) is 0 Å². The second-order valence-corrected chi connectivity index (χ2v) is 20.9. The molecule has 0 aromatic heterocycles. The molecule has 66 heavy (non-hydrogen) atoms. The Labute approximate surface area is 401 Å². The zero-order valence-electron chi connectivity index (χ0n) is 42.0. The van der Waals surface area contributed by atoms with Gasteiger partial charge in [0.1, 0.15) is 43.2 Å². The highest BCUT2D eigenvalue weighted by Crippen LogP contribution is 2.47. The average molecular weight is 965 g/mol. The quantitative estimate of drug-likeness (QED) is 0.0191. The van der Waals surface area contributed by atoms with Gasteiger partial charge in [0, 0.05) is 12.8 Å². The summed E-state index contributed by atoms with van der Waals surface area (Å²) in [4.78, 5) is 35.9. The second-order valence-electron chi connectivity index (χ2n) is 19.5. The monoisotopic (exact) mass is 965 g/mol. The number of unbranched alkanes of at least 4 members (excludes halogenated alkanes) is 35. The molecule has 1 aliphatic carbocycles. The molecule has 6 unspecified atom stereocenters. The molecule has 0 aromatic rings. The maximum Gasteiger partial charge on any atom is 0.472 e. The number of aliphatic hydroxyl groups excluding tert-OH is 5. The Morgan fingerprint density at radius 2 is 0.682 bits per heavy atom. The van der Waals surface area contributed by atoms with Crippen LogP contribution in [0, 0.1) is 0 Å². The van der Waals surface area contributed by atoms with E-state index < -0.39 is 75.7 Å². The van der Waals surface area contributed by atoms with E-state index in [1.54, 1.807) is 0 Å². The third-order valence-corrected chi connectivity index (χ3v) is 14.2. The van der Waals surface area contributed by atoms with Gasteiger partial charge in [0.25, 0.3) is 0 Å². The van der Waals surface area contributed by atoms with E-state index in [1.807, 2.05) is 0 Å². The smallest absolute Gasteiger partial charge is 0.462 e. The lowest BCUT2D eigenvalue weighted by atomic mass is 9.85. The van der Waals surface area contributed by atoms with Crippen LogP contribution in [0.1, 0.15) is 264 Å². The normalized spacial score (nSPS) is 21.2. The maximum absolute atomic E-state index is 12.9. The molecule has 1 aliphatic rings. The van der Waals surface area contributed by atoms with E-state index in [1.165, 1.54) is 186 Å². The van der Waals surface area contributed by atoms with Crippen molar-refractivity contribution in [2.45, 2.75) is 307 Å². The molecule has 1 rings (SSSR count). The van der Waals surface area contributed by atoms with E-state index in [4.69, 9.17) is 18.5 Å². The highest BCUT2D eigenvalue weighted by Gasteiger charge is 2.51. The van der Waals surface area contributed by atoms with Gasteiger partial charge >= 0.3 is 19.8 Å². The Morgan fingerprint density at radius 1 is 0.409 bits per heavy atom. The minimum atomic E-state index is -5.12. The lowest BCUT2D eigenvalue weighted by Crippen LogP contribution is -2.64. The van der Waals surface area contributed by atoms with Crippen molar-refractivity contribution in [1.82, 2.24) is 0 Å². The van der Waals surface area contributed by atoms with E-state index in [2.05, 4.69) is 13.8 Å². The van der Waals surface area contributed by atoms with Gasteiger partial charge in [0.05, 0.1) is 6.61 Å². The number of hydrogen-bond donors (Lipinski definition) is 6. The first-order valence-corrected chi connectivity index (χ1v) is 28.8. The number of hydrogen-bond acceptors (Lipinski definition) is 12. The Hall–Kier alpha value is -1.15. The molecule has 0 aromatic carbocycles. The van der Waals surface area contributed by atoms with Crippen LogP contribution >= 0.6 is 7.82 Å². The molecule has 1 fully saturated rings. The van der Waals surface area contributed by atoms with E-state index >= 15 is 0 Å². The molecule has 0 heterocycles. The standard InChI is InChI=1S/C52H101O13P/c1-3-5-7-9-11-13-15-17-19-20-21-22-23-24-25-27-29-31-33-35-37-39-41-46(54)64-44(43-63-66(60,61)65-52-50(58)48(56)47(55)49(57)51(52)59)42-62-45(53)40-38-36-34-32-30-28-26-18-16-14-12-10-8-6-4-2/h44,47-52,55-59H,3-43H2,1-2H3,(H,60,61). The first-order valence-electron chi connectivity index (χ1n) is 27.3. The minimum absolute atomic E-state index is 0.106. The summed E-state index contributed by atoms with van der Waals surface area (Å²) < 4.78 is 33.7. The second kappa shape index (κ2) is 42.7. The van der Waals surface area contributed by atoms with Gasteiger partial charge in [0.15, 0.2) is 6.10 Å². The van der Waals surface area contributed by atoms with Crippen LogP contribution in [-0.2, 0) is 32.7 Å². The van der Waals surface area contributed by atoms with Crippen molar-refractivity contribution < 1.29 is 63.1 Å². The summed E-state index contributed by atoms with van der Waals surface area (Å²) in [5.41, 5.74) is 0. The first-order chi connectivity index (χ1) is 31.9. The third-order valence-electron chi connectivity index (χ3n) is 13.2. The summed E-state index contributed by atoms with van der Waals surface area (Å²) in [7, 11) is -5.12. The summed E-state index contributed by atoms with van der Waals surface area (Å²) in [5, 5.41) is 50.3. The largest absolute Gasteiger partial charge is 0.472 e. The van der Waals surface area contributed by atoms with E-state index in [0.717, 1.165) is 38.5 Å². The van der Waals surface area contributed by atoms with Crippen LogP contribution in [-0.4, -0.2) is 98.3 Å². The summed E-state index contributed by atoms with van der Waals surface area (Å²) >= 11 is 0. The lowest BCUT2D eigenvalue weighted by molar-refractivity contribution is -0.220. The van der Waals surface area contributed by atoms with Crippen LogP contribution in [0.25, 0.3) is 0 Å². The van der Waals surface area contributed by atoms with Gasteiger partial charge in [-0.2, -0.15) is 0 Å². The van der Waals surface area contributed by atoms with Gasteiger partial charge in [-0.25, -0.2) is 4.57 Å². The molecule has 0 bridgehead atoms. The Morgan fingerprint density at radius 3 is 1.00 bits per heavy atom. The summed E-state index contributed by atoms with van der Waals surface area (Å²) in [6.07, 6.45) is 33.0. The topological polar surface area (TPSA) is 210 Å². The summed E-state index contributed by atoms with van der Waals surface area (Å²) in [5.74, 6) is -1.08. The molecule has 0 aliphatic heterocycles. The van der Waals surface area contributed by atoms with Crippen LogP contribution in [0.4, 0.5) is 0 Å². The molecule has 0 spiro atoms. The molecular weight excluding hydrogens is 864 g/mol. The minimum Gasteiger partial charge on any atom is -0.462 e. The van der Waals surface area contributed by atoms with Gasteiger partial charge in [-0.05, 0) is 12.8 Å². The lowest BCUT2D eigenvalue weighted by Gasteiger charge is -2.41. The third kappa shape index (κ3) is 34.2. The molecule has 1 saturated carbocycles. The number of aliphatic hydroxyl groups is 5. The van der Waals surface area contributed by atoms with Crippen LogP contribution < -0.4 is 0 Å². The molecule has 0 amide bonds. The fourth-order valence-corrected chi connectivity index (χ4v) is 9.79. The van der Waals surface area contributed by atoms with Gasteiger partial charge in [-0.1, -0.05) is 239 Å².